The number of barbiturate groups is 1. The number of urea groups is 1. The number of imide groups is 2. The van der Waals surface area contributed by atoms with Crippen LogP contribution in [-0.2, 0) is 14.3 Å². The zero-order valence-corrected chi connectivity index (χ0v) is 22.0. The van der Waals surface area contributed by atoms with Crippen LogP contribution in [0.4, 0.5) is 4.79 Å². The van der Waals surface area contributed by atoms with E-state index in [0.29, 0.717) is 29.1 Å². The van der Waals surface area contributed by atoms with Gasteiger partial charge < -0.3 is 9.15 Å². The molecule has 2 heterocycles. The smallest absolute Gasteiger partial charge is 0.339 e. The van der Waals surface area contributed by atoms with Gasteiger partial charge in [-0.2, -0.15) is 0 Å². The van der Waals surface area contributed by atoms with Gasteiger partial charge in [-0.05, 0) is 105 Å². The number of nitrogens with one attached hydrogen (secondary N) is 1. The Kier molecular flexibility index (Phi) is 5.98. The SMILES string of the molecule is COC(=O)c1cc(-c2ccc(C=C3C(=O)NC(=O)N(C(C)C45CC6CC(CC(C6)C4)C5)C3=O)o2)ccc1Cl. The molecule has 1 aromatic carbocycles. The Bertz CT molecular complexity index is 1360. The number of furan rings is 1. The number of nitrogens with zero attached hydrogens (tertiary/aromatic N) is 1. The highest BCUT2D eigenvalue weighted by Crippen LogP contribution is 2.62. The van der Waals surface area contributed by atoms with Crippen LogP contribution in [0.5, 0.6) is 0 Å². The second-order valence-corrected chi connectivity index (χ2v) is 11.7. The highest BCUT2D eigenvalue weighted by atomic mass is 35.5. The molecule has 0 spiro atoms. The molecule has 1 aliphatic heterocycles. The van der Waals surface area contributed by atoms with E-state index in [1.165, 1.54) is 37.3 Å². The monoisotopic (exact) mass is 536 g/mol. The van der Waals surface area contributed by atoms with Gasteiger partial charge in [0.15, 0.2) is 0 Å². The lowest BCUT2D eigenvalue weighted by Gasteiger charge is -2.60. The average Bonchev–Trinajstić information content (AvgIpc) is 3.34. The summed E-state index contributed by atoms with van der Waals surface area (Å²) >= 11 is 6.12. The van der Waals surface area contributed by atoms with Crippen molar-refractivity contribution in [3.05, 3.63) is 52.3 Å². The first-order valence-corrected chi connectivity index (χ1v) is 13.4. The summed E-state index contributed by atoms with van der Waals surface area (Å²) in [5, 5.41) is 2.61. The standard InChI is InChI=1S/C29H29ClN2O6/c1-15(29-12-16-7-17(13-29)9-18(8-16)14-29)32-26(34)22(25(33)31-28(32)36)11-20-4-6-24(38-20)19-3-5-23(30)21(10-19)27(35)37-2/h3-6,10-11,15-18H,7-9,12-14H2,1-2H3,(H,31,33,36). The second-order valence-electron chi connectivity index (χ2n) is 11.3. The first-order chi connectivity index (χ1) is 18.2. The van der Waals surface area contributed by atoms with Gasteiger partial charge in [-0.25, -0.2) is 9.59 Å². The second kappa shape index (κ2) is 9.12. The normalized spacial score (nSPS) is 30.1. The van der Waals surface area contributed by atoms with E-state index >= 15 is 0 Å². The van der Waals surface area contributed by atoms with Crippen molar-refractivity contribution in [1.29, 1.82) is 0 Å². The molecular formula is C29H29ClN2O6. The Balaban J connectivity index is 1.28. The molecule has 7 rings (SSSR count). The van der Waals surface area contributed by atoms with E-state index in [1.807, 2.05) is 6.92 Å². The van der Waals surface area contributed by atoms with Gasteiger partial charge in [0.2, 0.25) is 0 Å². The van der Waals surface area contributed by atoms with Gasteiger partial charge in [-0.1, -0.05) is 11.6 Å². The van der Waals surface area contributed by atoms with Crippen LogP contribution in [0, 0.1) is 23.2 Å². The van der Waals surface area contributed by atoms with Crippen molar-refractivity contribution in [2.75, 3.05) is 7.11 Å². The Morgan fingerprint density at radius 2 is 1.76 bits per heavy atom. The molecule has 5 fully saturated rings. The van der Waals surface area contributed by atoms with Gasteiger partial charge in [0, 0.05) is 11.6 Å². The molecule has 1 saturated heterocycles. The number of amides is 4. The summed E-state index contributed by atoms with van der Waals surface area (Å²) in [6, 6.07) is 7.14. The van der Waals surface area contributed by atoms with Crippen LogP contribution in [0.3, 0.4) is 0 Å². The summed E-state index contributed by atoms with van der Waals surface area (Å²) in [7, 11) is 1.27. The molecule has 5 aliphatic rings. The third kappa shape index (κ3) is 4.06. The lowest BCUT2D eigenvalue weighted by molar-refractivity contribution is -0.139. The van der Waals surface area contributed by atoms with Crippen molar-refractivity contribution in [1.82, 2.24) is 10.2 Å². The van der Waals surface area contributed by atoms with Crippen molar-refractivity contribution >= 4 is 41.5 Å². The van der Waals surface area contributed by atoms with E-state index in [1.54, 1.807) is 30.3 Å². The number of rotatable bonds is 5. The topological polar surface area (TPSA) is 106 Å². The number of carbonyl (C=O) groups is 4. The third-order valence-corrected chi connectivity index (χ3v) is 9.39. The number of carbonyl (C=O) groups excluding carboxylic acids is 4. The molecule has 4 aliphatic carbocycles. The molecule has 1 unspecified atom stereocenters. The molecule has 0 radical (unpaired) electrons. The van der Waals surface area contributed by atoms with Gasteiger partial charge in [-0.15, -0.1) is 0 Å². The minimum atomic E-state index is -0.744. The Hall–Kier alpha value is -3.39. The lowest BCUT2D eigenvalue weighted by Crippen LogP contribution is -2.63. The van der Waals surface area contributed by atoms with E-state index in [2.05, 4.69) is 5.32 Å². The molecule has 4 bridgehead atoms. The number of esters is 1. The molecule has 8 nitrogen and oxygen atoms in total. The van der Waals surface area contributed by atoms with Crippen LogP contribution in [-0.4, -0.2) is 41.9 Å². The highest BCUT2D eigenvalue weighted by molar-refractivity contribution is 6.33. The van der Waals surface area contributed by atoms with Crippen LogP contribution in [0.1, 0.15) is 61.6 Å². The summed E-state index contributed by atoms with van der Waals surface area (Å²) in [4.78, 5) is 52.6. The van der Waals surface area contributed by atoms with Crippen LogP contribution in [0.15, 0.2) is 40.3 Å². The minimum absolute atomic E-state index is 0.0863. The third-order valence-electron chi connectivity index (χ3n) is 9.06. The minimum Gasteiger partial charge on any atom is -0.465 e. The number of hydrogen-bond acceptors (Lipinski definition) is 6. The molecular weight excluding hydrogens is 508 g/mol. The van der Waals surface area contributed by atoms with E-state index < -0.39 is 23.8 Å². The molecule has 1 N–H and O–H groups in total. The number of ether oxygens (including phenoxy) is 1. The van der Waals surface area contributed by atoms with Gasteiger partial charge in [0.05, 0.1) is 17.7 Å². The first-order valence-electron chi connectivity index (χ1n) is 13.1. The van der Waals surface area contributed by atoms with Crippen LogP contribution in [0.25, 0.3) is 17.4 Å². The van der Waals surface area contributed by atoms with Gasteiger partial charge >= 0.3 is 12.0 Å². The molecule has 1 atom stereocenters. The fraction of sp³-hybridized carbons (Fsp3) is 0.448. The maximum atomic E-state index is 13.6. The van der Waals surface area contributed by atoms with Crippen LogP contribution >= 0.6 is 11.6 Å². The van der Waals surface area contributed by atoms with Crippen LogP contribution < -0.4 is 5.32 Å². The molecule has 4 amide bonds. The van der Waals surface area contributed by atoms with E-state index in [4.69, 9.17) is 20.8 Å². The molecule has 198 valence electrons. The molecule has 38 heavy (non-hydrogen) atoms. The maximum Gasteiger partial charge on any atom is 0.339 e. The van der Waals surface area contributed by atoms with E-state index in [0.717, 1.165) is 19.3 Å². The molecule has 9 heteroatoms. The van der Waals surface area contributed by atoms with Crippen LogP contribution in [0.2, 0.25) is 5.02 Å². The maximum absolute atomic E-state index is 13.6. The molecule has 4 saturated carbocycles. The van der Waals surface area contributed by atoms with Crippen molar-refractivity contribution in [2.45, 2.75) is 51.5 Å². The van der Waals surface area contributed by atoms with Gasteiger partial charge in [-0.3, -0.25) is 19.8 Å². The predicted octanol–water partition coefficient (Wildman–Crippen LogP) is 5.45. The summed E-state index contributed by atoms with van der Waals surface area (Å²) < 4.78 is 10.7. The Labute approximate surface area is 225 Å². The first kappa shape index (κ1) is 24.9. The van der Waals surface area contributed by atoms with Gasteiger partial charge in [0.1, 0.15) is 17.1 Å². The zero-order valence-electron chi connectivity index (χ0n) is 21.3. The number of halogens is 1. The van der Waals surface area contributed by atoms with Crippen molar-refractivity contribution in [2.24, 2.45) is 23.2 Å². The highest BCUT2D eigenvalue weighted by Gasteiger charge is 2.56. The van der Waals surface area contributed by atoms with E-state index in [-0.39, 0.29) is 33.4 Å². The Morgan fingerprint density at radius 1 is 1.11 bits per heavy atom. The number of benzene rings is 1. The van der Waals surface area contributed by atoms with Crippen molar-refractivity contribution in [3.63, 3.8) is 0 Å². The average molecular weight is 537 g/mol. The van der Waals surface area contributed by atoms with Gasteiger partial charge in [0.25, 0.3) is 11.8 Å². The quantitative estimate of drug-likeness (QED) is 0.309. The number of hydrogen-bond donors (Lipinski definition) is 1. The fourth-order valence-corrected chi connectivity index (χ4v) is 7.85. The lowest BCUT2D eigenvalue weighted by atomic mass is 9.47. The summed E-state index contributed by atoms with van der Waals surface area (Å²) in [6.45, 7) is 1.96. The largest absolute Gasteiger partial charge is 0.465 e. The van der Waals surface area contributed by atoms with E-state index in [9.17, 15) is 19.2 Å². The predicted molar refractivity (Wildman–Crippen MR) is 139 cm³/mol. The van der Waals surface area contributed by atoms with Crippen molar-refractivity contribution in [3.8, 4) is 11.3 Å². The zero-order chi connectivity index (χ0) is 26.8. The summed E-state index contributed by atoms with van der Waals surface area (Å²) in [5.74, 6) is 0.758. The summed E-state index contributed by atoms with van der Waals surface area (Å²) in [6.07, 6.45) is 8.22. The Morgan fingerprint density at radius 3 is 2.39 bits per heavy atom. The number of methoxy groups -OCH3 is 1. The summed E-state index contributed by atoms with van der Waals surface area (Å²) in [5.41, 5.74) is 0.536. The fourth-order valence-electron chi connectivity index (χ4n) is 7.66. The molecule has 2 aromatic rings. The van der Waals surface area contributed by atoms with Crippen molar-refractivity contribution < 1.29 is 28.3 Å². The molecule has 1 aromatic heterocycles.